The molecule has 0 N–H and O–H groups in total. The molecule has 1 aliphatic rings. The van der Waals surface area contributed by atoms with Crippen molar-refractivity contribution < 1.29 is 14.3 Å². The molecule has 0 spiro atoms. The fraction of sp³-hybridized carbons (Fsp3) is 0.385. The smallest absolute Gasteiger partial charge is 0.242 e. The first-order valence-corrected chi connectivity index (χ1v) is 6.75. The Hall–Kier alpha value is -1.56. The van der Waals surface area contributed by atoms with Crippen LogP contribution in [0.25, 0.3) is 0 Å². The second kappa shape index (κ2) is 6.06. The first-order valence-electron chi connectivity index (χ1n) is 5.96. The highest BCUT2D eigenvalue weighted by Crippen LogP contribution is 2.16. The highest BCUT2D eigenvalue weighted by Gasteiger charge is 2.26. The van der Waals surface area contributed by atoms with Crippen molar-refractivity contribution in [3.05, 3.63) is 28.7 Å². The monoisotopic (exact) mass is 326 g/mol. The summed E-state index contributed by atoms with van der Waals surface area (Å²) < 4.78 is 6.52. The van der Waals surface area contributed by atoms with Gasteiger partial charge in [0.2, 0.25) is 11.8 Å². The lowest BCUT2D eigenvalue weighted by Crippen LogP contribution is -2.53. The van der Waals surface area contributed by atoms with E-state index in [1.807, 2.05) is 24.3 Å². The molecule has 1 saturated heterocycles. The molecule has 0 atom stereocenters. The molecule has 1 aromatic rings. The lowest BCUT2D eigenvalue weighted by Gasteiger charge is -2.31. The van der Waals surface area contributed by atoms with Crippen LogP contribution in [0.1, 0.15) is 0 Å². The zero-order valence-corrected chi connectivity index (χ0v) is 12.2. The number of hydrogen-bond donors (Lipinski definition) is 0. The van der Waals surface area contributed by atoms with Gasteiger partial charge in [0.15, 0.2) is 0 Å². The van der Waals surface area contributed by atoms with Crippen molar-refractivity contribution in [2.75, 3.05) is 33.3 Å². The number of carbonyl (C=O) groups is 2. The second-order valence-corrected chi connectivity index (χ2v) is 5.28. The minimum Gasteiger partial charge on any atom is -0.492 e. The van der Waals surface area contributed by atoms with Gasteiger partial charge < -0.3 is 14.5 Å². The van der Waals surface area contributed by atoms with Crippen LogP contribution in [0.5, 0.6) is 5.75 Å². The number of hydrogen-bond acceptors (Lipinski definition) is 3. The Kier molecular flexibility index (Phi) is 4.42. The highest BCUT2D eigenvalue weighted by molar-refractivity contribution is 9.10. The molecule has 0 unspecified atom stereocenters. The van der Waals surface area contributed by atoms with E-state index in [0.717, 1.165) is 10.2 Å². The molecule has 0 aromatic heterocycles. The third-order valence-corrected chi connectivity index (χ3v) is 3.45. The number of likely N-dealkylation sites (N-methyl/N-ethyl adjacent to an activating group) is 1. The van der Waals surface area contributed by atoms with E-state index in [-0.39, 0.29) is 24.9 Å². The van der Waals surface area contributed by atoms with Crippen LogP contribution < -0.4 is 4.74 Å². The molecule has 1 aromatic carbocycles. The predicted octanol–water partition coefficient (Wildman–Crippen LogP) is 1.13. The molecule has 19 heavy (non-hydrogen) atoms. The number of ether oxygens (including phenoxy) is 1. The molecular formula is C13H15BrN2O3. The zero-order valence-electron chi connectivity index (χ0n) is 10.6. The van der Waals surface area contributed by atoms with Crippen LogP contribution in [0.3, 0.4) is 0 Å². The van der Waals surface area contributed by atoms with Gasteiger partial charge in [-0.25, -0.2) is 0 Å². The van der Waals surface area contributed by atoms with E-state index >= 15 is 0 Å². The fourth-order valence-corrected chi connectivity index (χ4v) is 2.04. The molecule has 2 amide bonds. The number of piperazine rings is 1. The Bertz CT molecular complexity index is 475. The first kappa shape index (κ1) is 13.9. The number of halogens is 1. The fourth-order valence-electron chi connectivity index (χ4n) is 1.77. The lowest BCUT2D eigenvalue weighted by atomic mass is 10.3. The minimum atomic E-state index is -0.0403. The summed E-state index contributed by atoms with van der Waals surface area (Å²) in [5.41, 5.74) is 0. The van der Waals surface area contributed by atoms with Crippen molar-refractivity contribution in [2.24, 2.45) is 0 Å². The van der Waals surface area contributed by atoms with E-state index in [1.165, 1.54) is 9.80 Å². The topological polar surface area (TPSA) is 49.9 Å². The van der Waals surface area contributed by atoms with Crippen molar-refractivity contribution in [3.63, 3.8) is 0 Å². The molecule has 1 aliphatic heterocycles. The molecule has 2 rings (SSSR count). The van der Waals surface area contributed by atoms with Gasteiger partial charge in [-0.2, -0.15) is 0 Å². The Balaban J connectivity index is 1.81. The van der Waals surface area contributed by atoms with E-state index < -0.39 is 0 Å². The van der Waals surface area contributed by atoms with Crippen LogP contribution in [0.15, 0.2) is 28.7 Å². The summed E-state index contributed by atoms with van der Waals surface area (Å²) in [6.45, 7) is 1.09. The third kappa shape index (κ3) is 3.70. The standard InChI is InChI=1S/C13H15BrN2O3/c1-15-8-13(18)16(9-12(15)17)6-7-19-11-4-2-10(14)3-5-11/h2-5H,6-9H2,1H3. The largest absolute Gasteiger partial charge is 0.492 e. The highest BCUT2D eigenvalue weighted by atomic mass is 79.9. The summed E-state index contributed by atoms with van der Waals surface area (Å²) in [4.78, 5) is 26.2. The Morgan fingerprint density at radius 2 is 1.84 bits per heavy atom. The molecule has 0 radical (unpaired) electrons. The summed E-state index contributed by atoms with van der Waals surface area (Å²) in [5.74, 6) is 0.667. The first-order chi connectivity index (χ1) is 9.06. The van der Waals surface area contributed by atoms with Crippen LogP contribution in [0, 0.1) is 0 Å². The minimum absolute atomic E-state index is 0.0387. The van der Waals surface area contributed by atoms with Crippen molar-refractivity contribution in [2.45, 2.75) is 0 Å². The van der Waals surface area contributed by atoms with Gasteiger partial charge in [-0.15, -0.1) is 0 Å². The molecule has 0 aliphatic carbocycles. The second-order valence-electron chi connectivity index (χ2n) is 4.37. The maximum atomic E-state index is 11.7. The Morgan fingerprint density at radius 1 is 1.16 bits per heavy atom. The number of amides is 2. The maximum absolute atomic E-state index is 11.7. The lowest BCUT2D eigenvalue weighted by molar-refractivity contribution is -0.149. The molecule has 5 nitrogen and oxygen atoms in total. The van der Waals surface area contributed by atoms with Gasteiger partial charge in [0.05, 0.1) is 19.6 Å². The Labute approximate surface area is 120 Å². The average Bonchev–Trinajstić information content (AvgIpc) is 2.38. The van der Waals surface area contributed by atoms with Crippen LogP contribution in [0.2, 0.25) is 0 Å². The summed E-state index contributed by atoms with van der Waals surface area (Å²) in [6.07, 6.45) is 0. The van der Waals surface area contributed by atoms with Crippen LogP contribution in [0.4, 0.5) is 0 Å². The molecular weight excluding hydrogens is 312 g/mol. The van der Waals surface area contributed by atoms with Crippen molar-refractivity contribution in [3.8, 4) is 5.75 Å². The van der Waals surface area contributed by atoms with Crippen molar-refractivity contribution >= 4 is 27.7 Å². The third-order valence-electron chi connectivity index (χ3n) is 2.92. The van der Waals surface area contributed by atoms with Crippen LogP contribution in [-0.2, 0) is 9.59 Å². The van der Waals surface area contributed by atoms with E-state index in [1.54, 1.807) is 7.05 Å². The van der Waals surface area contributed by atoms with Gasteiger partial charge in [-0.05, 0) is 24.3 Å². The number of rotatable bonds is 4. The van der Waals surface area contributed by atoms with Crippen LogP contribution in [-0.4, -0.2) is 54.9 Å². The molecule has 0 saturated carbocycles. The Morgan fingerprint density at radius 3 is 2.53 bits per heavy atom. The maximum Gasteiger partial charge on any atom is 0.242 e. The van der Waals surface area contributed by atoms with Gasteiger partial charge in [0, 0.05) is 11.5 Å². The number of nitrogens with zero attached hydrogens (tertiary/aromatic N) is 2. The molecule has 102 valence electrons. The van der Waals surface area contributed by atoms with E-state index in [2.05, 4.69) is 15.9 Å². The van der Waals surface area contributed by atoms with E-state index in [0.29, 0.717) is 13.2 Å². The van der Waals surface area contributed by atoms with Crippen molar-refractivity contribution in [1.82, 2.24) is 9.80 Å². The average molecular weight is 327 g/mol. The van der Waals surface area contributed by atoms with Crippen LogP contribution >= 0.6 is 15.9 Å². The van der Waals surface area contributed by atoms with Gasteiger partial charge in [0.25, 0.3) is 0 Å². The van der Waals surface area contributed by atoms with Crippen molar-refractivity contribution in [1.29, 1.82) is 0 Å². The van der Waals surface area contributed by atoms with Gasteiger partial charge >= 0.3 is 0 Å². The predicted molar refractivity (Wildman–Crippen MR) is 73.9 cm³/mol. The van der Waals surface area contributed by atoms with Gasteiger partial charge in [-0.3, -0.25) is 9.59 Å². The van der Waals surface area contributed by atoms with E-state index in [4.69, 9.17) is 4.74 Å². The molecule has 1 heterocycles. The summed E-state index contributed by atoms with van der Waals surface area (Å²) >= 11 is 3.35. The molecule has 6 heteroatoms. The van der Waals surface area contributed by atoms with Gasteiger partial charge in [0.1, 0.15) is 12.4 Å². The summed E-state index contributed by atoms with van der Waals surface area (Å²) in [7, 11) is 1.63. The number of carbonyl (C=O) groups excluding carboxylic acids is 2. The SMILES string of the molecule is CN1CC(=O)N(CCOc2ccc(Br)cc2)CC1=O. The van der Waals surface area contributed by atoms with E-state index in [9.17, 15) is 9.59 Å². The quantitative estimate of drug-likeness (QED) is 0.833. The molecule has 0 bridgehead atoms. The normalized spacial score (nSPS) is 15.9. The summed E-state index contributed by atoms with van der Waals surface area (Å²) in [5, 5.41) is 0. The molecule has 1 fully saturated rings. The number of benzene rings is 1. The van der Waals surface area contributed by atoms with Gasteiger partial charge in [-0.1, -0.05) is 15.9 Å². The summed E-state index contributed by atoms with van der Waals surface area (Å²) in [6, 6.07) is 7.47. The zero-order chi connectivity index (χ0) is 13.8.